The quantitative estimate of drug-likeness (QED) is 0.814. The van der Waals surface area contributed by atoms with Gasteiger partial charge in [-0.15, -0.1) is 0 Å². The highest BCUT2D eigenvalue weighted by Crippen LogP contribution is 2.38. The highest BCUT2D eigenvalue weighted by molar-refractivity contribution is 6.31. The third-order valence-corrected chi connectivity index (χ3v) is 4.98. The molecular formula is C18H28ClNO. The van der Waals surface area contributed by atoms with Gasteiger partial charge < -0.3 is 10.1 Å². The maximum Gasteiger partial charge on any atom is 0.0619 e. The number of nitrogens with one attached hydrogen (secondary N) is 1. The molecule has 118 valence electrons. The fourth-order valence-corrected chi connectivity index (χ4v) is 3.64. The Morgan fingerprint density at radius 3 is 2.67 bits per heavy atom. The van der Waals surface area contributed by atoms with E-state index in [9.17, 15) is 0 Å². The molecule has 0 amide bonds. The van der Waals surface area contributed by atoms with E-state index < -0.39 is 0 Å². The van der Waals surface area contributed by atoms with Crippen LogP contribution >= 0.6 is 11.6 Å². The van der Waals surface area contributed by atoms with Crippen LogP contribution in [0.5, 0.6) is 0 Å². The number of benzene rings is 1. The topological polar surface area (TPSA) is 21.3 Å². The summed E-state index contributed by atoms with van der Waals surface area (Å²) < 4.78 is 5.91. The van der Waals surface area contributed by atoms with Crippen molar-refractivity contribution < 1.29 is 4.74 Å². The highest BCUT2D eigenvalue weighted by Gasteiger charge is 2.35. The molecule has 0 aromatic heterocycles. The molecule has 0 radical (unpaired) electrons. The molecule has 1 heterocycles. The van der Waals surface area contributed by atoms with Crippen LogP contribution in [0.3, 0.4) is 0 Å². The van der Waals surface area contributed by atoms with E-state index in [0.717, 1.165) is 37.4 Å². The van der Waals surface area contributed by atoms with Crippen LogP contribution in [0.4, 0.5) is 0 Å². The molecule has 2 nitrogen and oxygen atoms in total. The van der Waals surface area contributed by atoms with Gasteiger partial charge >= 0.3 is 0 Å². The average Bonchev–Trinajstić information content (AvgIpc) is 2.93. The van der Waals surface area contributed by atoms with Crippen LogP contribution in [0.25, 0.3) is 0 Å². The van der Waals surface area contributed by atoms with E-state index in [1.165, 1.54) is 16.7 Å². The first-order valence-electron chi connectivity index (χ1n) is 8.20. The number of ether oxygens (including phenoxy) is 1. The van der Waals surface area contributed by atoms with Crippen LogP contribution in [0.2, 0.25) is 5.02 Å². The normalized spacial score (nSPS) is 23.5. The molecule has 21 heavy (non-hydrogen) atoms. The molecule has 1 aliphatic heterocycles. The van der Waals surface area contributed by atoms with Crippen molar-refractivity contribution in [1.82, 2.24) is 5.32 Å². The fourth-order valence-electron chi connectivity index (χ4n) is 3.30. The Hall–Kier alpha value is -0.570. The molecule has 1 aromatic rings. The van der Waals surface area contributed by atoms with Gasteiger partial charge in [0.05, 0.1) is 6.10 Å². The molecule has 3 heteroatoms. The number of rotatable bonds is 6. The van der Waals surface area contributed by atoms with Crippen LogP contribution in [0, 0.1) is 19.8 Å². The third-order valence-electron chi connectivity index (χ3n) is 4.65. The lowest BCUT2D eigenvalue weighted by Crippen LogP contribution is -2.33. The molecule has 1 fully saturated rings. The Morgan fingerprint density at radius 2 is 2.00 bits per heavy atom. The van der Waals surface area contributed by atoms with Gasteiger partial charge in [-0.1, -0.05) is 31.5 Å². The van der Waals surface area contributed by atoms with Crippen molar-refractivity contribution in [2.75, 3.05) is 13.2 Å². The molecule has 1 aromatic carbocycles. The second-order valence-electron chi connectivity index (χ2n) is 6.16. The summed E-state index contributed by atoms with van der Waals surface area (Å²) in [6.07, 6.45) is 3.65. The predicted octanol–water partition coefficient (Wildman–Crippen LogP) is 4.81. The van der Waals surface area contributed by atoms with Crippen molar-refractivity contribution in [3.05, 3.63) is 33.8 Å². The minimum atomic E-state index is 0.296. The maximum absolute atomic E-state index is 6.56. The highest BCUT2D eigenvalue weighted by atomic mass is 35.5. The fraction of sp³-hybridized carbons (Fsp3) is 0.667. The minimum Gasteiger partial charge on any atom is -0.378 e. The Kier molecular flexibility index (Phi) is 6.09. The summed E-state index contributed by atoms with van der Waals surface area (Å²) in [5.74, 6) is 0.515. The molecule has 1 saturated heterocycles. The van der Waals surface area contributed by atoms with Crippen molar-refractivity contribution in [1.29, 1.82) is 0 Å². The summed E-state index contributed by atoms with van der Waals surface area (Å²) >= 11 is 6.56. The summed E-state index contributed by atoms with van der Waals surface area (Å²) in [6, 6.07) is 4.66. The van der Waals surface area contributed by atoms with E-state index in [0.29, 0.717) is 18.1 Å². The molecule has 1 N–H and O–H groups in total. The van der Waals surface area contributed by atoms with Gasteiger partial charge in [-0.25, -0.2) is 0 Å². The predicted molar refractivity (Wildman–Crippen MR) is 90.1 cm³/mol. The summed E-state index contributed by atoms with van der Waals surface area (Å²) in [5.41, 5.74) is 3.81. The summed E-state index contributed by atoms with van der Waals surface area (Å²) in [7, 11) is 0. The van der Waals surface area contributed by atoms with E-state index >= 15 is 0 Å². The summed E-state index contributed by atoms with van der Waals surface area (Å²) in [4.78, 5) is 0. The molecule has 0 saturated carbocycles. The molecule has 1 aliphatic rings. The van der Waals surface area contributed by atoms with Crippen LogP contribution in [0.15, 0.2) is 12.1 Å². The average molecular weight is 310 g/mol. The van der Waals surface area contributed by atoms with Crippen LogP contribution in [0.1, 0.15) is 55.8 Å². The molecule has 3 atom stereocenters. The van der Waals surface area contributed by atoms with Gasteiger partial charge in [-0.3, -0.25) is 0 Å². The lowest BCUT2D eigenvalue weighted by atomic mass is 9.85. The van der Waals surface area contributed by atoms with Gasteiger partial charge in [-0.05, 0) is 62.4 Å². The summed E-state index contributed by atoms with van der Waals surface area (Å²) in [5, 5.41) is 4.60. The molecule has 0 aliphatic carbocycles. The minimum absolute atomic E-state index is 0.296. The van der Waals surface area contributed by atoms with Crippen molar-refractivity contribution in [3.8, 4) is 0 Å². The zero-order chi connectivity index (χ0) is 15.4. The Labute approximate surface area is 134 Å². The second-order valence-corrected chi connectivity index (χ2v) is 6.57. The largest absolute Gasteiger partial charge is 0.378 e. The van der Waals surface area contributed by atoms with Gasteiger partial charge in [0.25, 0.3) is 0 Å². The lowest BCUT2D eigenvalue weighted by Gasteiger charge is -2.30. The zero-order valence-electron chi connectivity index (χ0n) is 13.7. The Balaban J connectivity index is 2.33. The standard InChI is InChI=1S/C18H28ClNO/c1-5-8-20-18(14-7-9-21-17(14)6-2)15-10-12(3)13(4)11-16(15)19/h10-11,14,17-18,20H,5-9H2,1-4H3. The van der Waals surface area contributed by atoms with Gasteiger partial charge in [0, 0.05) is 23.6 Å². The maximum atomic E-state index is 6.56. The van der Waals surface area contributed by atoms with Crippen molar-refractivity contribution in [2.45, 2.75) is 59.1 Å². The number of hydrogen-bond acceptors (Lipinski definition) is 2. The summed E-state index contributed by atoms with van der Waals surface area (Å²) in [6.45, 7) is 10.6. The monoisotopic (exact) mass is 309 g/mol. The van der Waals surface area contributed by atoms with E-state index in [1.54, 1.807) is 0 Å². The molecule has 0 bridgehead atoms. The Morgan fingerprint density at radius 1 is 1.29 bits per heavy atom. The van der Waals surface area contributed by atoms with E-state index in [-0.39, 0.29) is 0 Å². The van der Waals surface area contributed by atoms with Crippen LogP contribution in [-0.4, -0.2) is 19.3 Å². The SMILES string of the molecule is CCCNC(c1cc(C)c(C)cc1Cl)C1CCOC1CC. The first-order chi connectivity index (χ1) is 10.1. The first-order valence-corrected chi connectivity index (χ1v) is 8.57. The lowest BCUT2D eigenvalue weighted by molar-refractivity contribution is 0.0774. The molecule has 2 rings (SSSR count). The Bertz CT molecular complexity index is 475. The van der Waals surface area contributed by atoms with Gasteiger partial charge in [0.1, 0.15) is 0 Å². The second kappa shape index (κ2) is 7.62. The number of aryl methyl sites for hydroxylation is 2. The first kappa shape index (κ1) is 16.8. The molecule has 0 spiro atoms. The van der Waals surface area contributed by atoms with Crippen molar-refractivity contribution >= 4 is 11.6 Å². The van der Waals surface area contributed by atoms with Crippen molar-refractivity contribution in [2.24, 2.45) is 5.92 Å². The van der Waals surface area contributed by atoms with Gasteiger partial charge in [-0.2, -0.15) is 0 Å². The van der Waals surface area contributed by atoms with Gasteiger partial charge in [0.2, 0.25) is 0 Å². The van der Waals surface area contributed by atoms with E-state index in [1.807, 2.05) is 0 Å². The molecule has 3 unspecified atom stereocenters. The molecular weight excluding hydrogens is 282 g/mol. The number of hydrogen-bond donors (Lipinski definition) is 1. The van der Waals surface area contributed by atoms with Crippen LogP contribution < -0.4 is 5.32 Å². The third kappa shape index (κ3) is 3.80. The zero-order valence-corrected chi connectivity index (χ0v) is 14.5. The van der Waals surface area contributed by atoms with E-state index in [4.69, 9.17) is 16.3 Å². The number of halogens is 1. The van der Waals surface area contributed by atoms with Crippen molar-refractivity contribution in [3.63, 3.8) is 0 Å². The van der Waals surface area contributed by atoms with E-state index in [2.05, 4.69) is 45.1 Å². The smallest absolute Gasteiger partial charge is 0.0619 e. The van der Waals surface area contributed by atoms with Crippen LogP contribution in [-0.2, 0) is 4.74 Å². The van der Waals surface area contributed by atoms with Gasteiger partial charge in [0.15, 0.2) is 0 Å².